The number of hydrogen-bond donors (Lipinski definition) is 1. The Morgan fingerprint density at radius 2 is 1.81 bits per heavy atom. The maximum Gasteiger partial charge on any atom is 0.319 e. The largest absolute Gasteiger partial charge is 0.330 e. The first kappa shape index (κ1) is 20.1. The summed E-state index contributed by atoms with van der Waals surface area (Å²) in [5.74, 6) is 0. The van der Waals surface area contributed by atoms with Crippen LogP contribution in [0.25, 0.3) is 0 Å². The fraction of sp³-hybridized carbons (Fsp3) is 0.684. The quantitative estimate of drug-likeness (QED) is 0.702. The average Bonchev–Trinajstić information content (AvgIpc) is 3.17. The van der Waals surface area contributed by atoms with Crippen molar-refractivity contribution in [1.29, 1.82) is 0 Å². The van der Waals surface area contributed by atoms with Crippen LogP contribution in [0.1, 0.15) is 44.9 Å². The van der Waals surface area contributed by atoms with Gasteiger partial charge in [-0.1, -0.05) is 43.6 Å². The van der Waals surface area contributed by atoms with Gasteiger partial charge in [0.25, 0.3) is 0 Å². The summed E-state index contributed by atoms with van der Waals surface area (Å²) >= 11 is 0. The molecule has 0 spiro atoms. The molecule has 0 aromatic heterocycles. The Morgan fingerprint density at radius 3 is 2.41 bits per heavy atom. The topological polar surface area (TPSA) is 82.1 Å². The van der Waals surface area contributed by atoms with Crippen LogP contribution in [0.5, 0.6) is 0 Å². The van der Waals surface area contributed by atoms with Gasteiger partial charge in [0.05, 0.1) is 25.0 Å². The van der Waals surface area contributed by atoms with Crippen LogP contribution in [0.3, 0.4) is 0 Å². The second-order valence-electron chi connectivity index (χ2n) is 7.57. The minimum atomic E-state index is -3.47. The van der Waals surface area contributed by atoms with Crippen molar-refractivity contribution in [2.45, 2.75) is 63.1 Å². The van der Waals surface area contributed by atoms with Crippen LogP contribution >= 0.6 is 0 Å². The van der Waals surface area contributed by atoms with E-state index in [0.29, 0.717) is 0 Å². The molecule has 27 heavy (non-hydrogen) atoms. The third-order valence-electron chi connectivity index (χ3n) is 5.45. The lowest BCUT2D eigenvalue weighted by molar-refractivity contribution is 0.124. The summed E-state index contributed by atoms with van der Waals surface area (Å²) < 4.78 is 26.3. The molecular weight excluding hydrogens is 364 g/mol. The molecular formula is C19H30N4O3S. The molecule has 0 bridgehead atoms. The summed E-state index contributed by atoms with van der Waals surface area (Å²) in [6.45, 7) is 0.874. The van der Waals surface area contributed by atoms with Gasteiger partial charge in [-0.05, 0) is 25.7 Å². The van der Waals surface area contributed by atoms with Crippen molar-refractivity contribution >= 4 is 22.3 Å². The summed E-state index contributed by atoms with van der Waals surface area (Å²) in [6.07, 6.45) is 17.3. The van der Waals surface area contributed by atoms with Crippen molar-refractivity contribution in [3.63, 3.8) is 0 Å². The zero-order chi connectivity index (χ0) is 19.3. The highest BCUT2D eigenvalue weighted by Gasteiger charge is 2.33. The fourth-order valence-electron chi connectivity index (χ4n) is 3.95. The van der Waals surface area contributed by atoms with Gasteiger partial charge in [-0.2, -0.15) is 4.31 Å². The average molecular weight is 395 g/mol. The zero-order valence-corrected chi connectivity index (χ0v) is 16.8. The number of amides is 2. The minimum Gasteiger partial charge on any atom is -0.330 e. The molecule has 7 nitrogen and oxygen atoms in total. The summed E-state index contributed by atoms with van der Waals surface area (Å²) in [6, 6.07) is -0.539. The summed E-state index contributed by atoms with van der Waals surface area (Å²) in [4.78, 5) is 19.1. The van der Waals surface area contributed by atoms with E-state index < -0.39 is 10.0 Å². The highest BCUT2D eigenvalue weighted by Crippen LogP contribution is 2.25. The van der Waals surface area contributed by atoms with Crippen LogP contribution in [0.2, 0.25) is 0 Å². The number of nitrogens with one attached hydrogen (secondary N) is 1. The third-order valence-corrected chi connectivity index (χ3v) is 6.66. The van der Waals surface area contributed by atoms with Crippen molar-refractivity contribution in [3.8, 4) is 0 Å². The normalized spacial score (nSPS) is 23.9. The third kappa shape index (κ3) is 5.42. The van der Waals surface area contributed by atoms with E-state index in [9.17, 15) is 13.2 Å². The monoisotopic (exact) mass is 394 g/mol. The second-order valence-corrected chi connectivity index (χ2v) is 9.50. The zero-order valence-electron chi connectivity index (χ0n) is 16.0. The van der Waals surface area contributed by atoms with E-state index in [2.05, 4.69) is 10.3 Å². The highest BCUT2D eigenvalue weighted by atomic mass is 32.2. The lowest BCUT2D eigenvalue weighted by Gasteiger charge is -2.39. The molecule has 1 fully saturated rings. The molecule has 0 aromatic rings. The Hall–Kier alpha value is -1.67. The van der Waals surface area contributed by atoms with E-state index in [0.717, 1.165) is 45.1 Å². The van der Waals surface area contributed by atoms with Crippen molar-refractivity contribution < 1.29 is 13.2 Å². The maximum atomic E-state index is 13.1. The van der Waals surface area contributed by atoms with E-state index in [1.54, 1.807) is 11.1 Å². The van der Waals surface area contributed by atoms with Crippen molar-refractivity contribution in [2.24, 2.45) is 4.99 Å². The van der Waals surface area contributed by atoms with Gasteiger partial charge >= 0.3 is 6.03 Å². The summed E-state index contributed by atoms with van der Waals surface area (Å²) in [7, 11) is -3.47. The smallest absolute Gasteiger partial charge is 0.319 e. The summed E-state index contributed by atoms with van der Waals surface area (Å²) in [5, 5.41) is 3.04. The number of carbonyl (C=O) groups excluding carboxylic acids is 1. The van der Waals surface area contributed by atoms with Crippen LogP contribution < -0.4 is 5.32 Å². The van der Waals surface area contributed by atoms with Crippen molar-refractivity contribution in [3.05, 3.63) is 24.3 Å². The van der Waals surface area contributed by atoms with Gasteiger partial charge in [0, 0.05) is 18.8 Å². The number of allylic oxidation sites excluding steroid dienone is 2. The number of hydrogen-bond acceptors (Lipinski definition) is 4. The first-order valence-electron chi connectivity index (χ1n) is 9.84. The maximum absolute atomic E-state index is 13.1. The van der Waals surface area contributed by atoms with Crippen LogP contribution in [0, 0.1) is 0 Å². The Kier molecular flexibility index (Phi) is 6.70. The van der Waals surface area contributed by atoms with Gasteiger partial charge < -0.3 is 10.2 Å². The molecule has 8 heteroatoms. The molecule has 2 amide bonds. The SMILES string of the molecule is CS(=O)(=O)N(CN(C(=O)NC1C=NCCC1)C1CCCCC1)C1C=CC=C1. The van der Waals surface area contributed by atoms with E-state index >= 15 is 0 Å². The number of aliphatic imine (C=N–C) groups is 1. The van der Waals surface area contributed by atoms with Crippen LogP contribution in [0.15, 0.2) is 29.3 Å². The molecule has 1 saturated carbocycles. The van der Waals surface area contributed by atoms with E-state index in [1.807, 2.05) is 24.3 Å². The van der Waals surface area contributed by atoms with E-state index in [4.69, 9.17) is 0 Å². The molecule has 2 aliphatic carbocycles. The number of sulfonamides is 1. The van der Waals surface area contributed by atoms with Crippen LogP contribution in [-0.2, 0) is 10.0 Å². The molecule has 1 atom stereocenters. The molecule has 3 rings (SSSR count). The van der Waals surface area contributed by atoms with E-state index in [-0.39, 0.29) is 30.8 Å². The van der Waals surface area contributed by atoms with E-state index in [1.165, 1.54) is 17.0 Å². The molecule has 1 N–H and O–H groups in total. The molecule has 150 valence electrons. The first-order chi connectivity index (χ1) is 12.9. The number of carbonyl (C=O) groups is 1. The molecule has 0 aromatic carbocycles. The molecule has 1 unspecified atom stereocenters. The Balaban J connectivity index is 1.78. The van der Waals surface area contributed by atoms with Gasteiger partial charge in [-0.15, -0.1) is 0 Å². The lowest BCUT2D eigenvalue weighted by atomic mass is 9.94. The molecule has 0 saturated heterocycles. The van der Waals surface area contributed by atoms with Crippen molar-refractivity contribution in [2.75, 3.05) is 19.5 Å². The molecule has 1 heterocycles. The van der Waals surface area contributed by atoms with Gasteiger partial charge in [-0.3, -0.25) is 4.99 Å². The lowest BCUT2D eigenvalue weighted by Crippen LogP contribution is -2.56. The first-order valence-corrected chi connectivity index (χ1v) is 11.7. The number of rotatable bonds is 6. The molecule has 0 radical (unpaired) electrons. The minimum absolute atomic E-state index is 0.0675. The van der Waals surface area contributed by atoms with Gasteiger partial charge in [0.15, 0.2) is 0 Å². The highest BCUT2D eigenvalue weighted by molar-refractivity contribution is 7.88. The van der Waals surface area contributed by atoms with Gasteiger partial charge in [0.2, 0.25) is 10.0 Å². The van der Waals surface area contributed by atoms with Gasteiger partial charge in [0.1, 0.15) is 0 Å². The predicted octanol–water partition coefficient (Wildman–Crippen LogP) is 2.28. The number of urea groups is 1. The van der Waals surface area contributed by atoms with Crippen molar-refractivity contribution in [1.82, 2.24) is 14.5 Å². The Morgan fingerprint density at radius 1 is 1.11 bits per heavy atom. The second kappa shape index (κ2) is 9.01. The standard InChI is InChI=1S/C19H30N4O3S/c1-27(25,26)23(18-11-5-6-12-18)15-22(17-9-3-2-4-10-17)19(24)21-16-8-7-13-20-14-16/h5-6,11-12,14,16-18H,2-4,7-10,13,15H2,1H3,(H,21,24). The Labute approximate surface area is 162 Å². The van der Waals surface area contributed by atoms with Gasteiger partial charge in [-0.25, -0.2) is 13.2 Å². The number of nitrogens with zero attached hydrogens (tertiary/aromatic N) is 3. The fourth-order valence-corrected chi connectivity index (χ4v) is 4.87. The predicted molar refractivity (Wildman–Crippen MR) is 107 cm³/mol. The van der Waals surface area contributed by atoms with Crippen LogP contribution in [0.4, 0.5) is 4.79 Å². The van der Waals surface area contributed by atoms with Crippen LogP contribution in [-0.4, -0.2) is 67.5 Å². The Bertz CT molecular complexity index is 698. The summed E-state index contributed by atoms with van der Waals surface area (Å²) in [5.41, 5.74) is 0. The molecule has 1 aliphatic heterocycles. The molecule has 3 aliphatic rings.